The summed E-state index contributed by atoms with van der Waals surface area (Å²) in [6.45, 7) is 8.25. The molecule has 0 spiro atoms. The van der Waals surface area contributed by atoms with E-state index in [1.165, 1.54) is 17.3 Å². The van der Waals surface area contributed by atoms with Gasteiger partial charge in [-0.3, -0.25) is 9.36 Å². The van der Waals surface area contributed by atoms with Gasteiger partial charge in [-0.05, 0) is 67.3 Å². The minimum absolute atomic E-state index is 0.160. The molecule has 1 heterocycles. The van der Waals surface area contributed by atoms with Gasteiger partial charge in [-0.2, -0.15) is 0 Å². The molecule has 4 aromatic rings. The predicted molar refractivity (Wildman–Crippen MR) is 148 cm³/mol. The first-order valence-corrected chi connectivity index (χ1v) is 13.2. The van der Waals surface area contributed by atoms with Crippen molar-refractivity contribution in [3.05, 3.63) is 89.7 Å². The fourth-order valence-corrected chi connectivity index (χ4v) is 4.64. The topological polar surface area (TPSA) is 78.3 Å². The Morgan fingerprint density at radius 2 is 1.73 bits per heavy atom. The Kier molecular flexibility index (Phi) is 8.50. The molecule has 37 heavy (non-hydrogen) atoms. The summed E-state index contributed by atoms with van der Waals surface area (Å²) in [5.41, 5.74) is 3.83. The minimum atomic E-state index is -0.364. The van der Waals surface area contributed by atoms with Crippen LogP contribution in [0, 0.1) is 6.92 Å². The predicted octanol–water partition coefficient (Wildman–Crippen LogP) is 6.58. The van der Waals surface area contributed by atoms with Crippen LogP contribution in [0.4, 0.5) is 5.69 Å². The van der Waals surface area contributed by atoms with E-state index in [-0.39, 0.29) is 17.8 Å². The number of aryl methyl sites for hydroxylation is 1. The number of carbonyl (C=O) groups is 1. The molecule has 0 radical (unpaired) electrons. The lowest BCUT2D eigenvalue weighted by atomic mass is 10.0. The number of hydrogen-bond donors (Lipinski definition) is 1. The summed E-state index contributed by atoms with van der Waals surface area (Å²) in [6.07, 6.45) is -0.364. The van der Waals surface area contributed by atoms with Gasteiger partial charge in [0, 0.05) is 5.69 Å². The average Bonchev–Trinajstić information content (AvgIpc) is 3.33. The van der Waals surface area contributed by atoms with Gasteiger partial charge in [-0.25, -0.2) is 0 Å². The number of carbonyl (C=O) groups excluding carboxylic acids is 1. The molecule has 0 aliphatic rings. The first-order chi connectivity index (χ1) is 17.9. The van der Waals surface area contributed by atoms with Gasteiger partial charge in [0.05, 0.1) is 18.6 Å². The van der Waals surface area contributed by atoms with E-state index in [1.54, 1.807) is 7.11 Å². The van der Waals surface area contributed by atoms with E-state index < -0.39 is 0 Å². The highest BCUT2D eigenvalue weighted by molar-refractivity contribution is 7.99. The van der Waals surface area contributed by atoms with Gasteiger partial charge in [-0.15, -0.1) is 10.2 Å². The molecule has 1 amide bonds. The first-order valence-electron chi connectivity index (χ1n) is 12.2. The number of aromatic nitrogens is 3. The lowest BCUT2D eigenvalue weighted by Gasteiger charge is -2.17. The van der Waals surface area contributed by atoms with Crippen molar-refractivity contribution < 1.29 is 14.3 Å². The molecule has 3 aromatic carbocycles. The number of benzene rings is 3. The van der Waals surface area contributed by atoms with Gasteiger partial charge in [0.2, 0.25) is 5.91 Å². The fraction of sp³-hybridized carbons (Fsp3) is 0.276. The van der Waals surface area contributed by atoms with Crippen LogP contribution in [0.1, 0.15) is 49.7 Å². The number of methoxy groups -OCH3 is 1. The van der Waals surface area contributed by atoms with Crippen molar-refractivity contribution in [3.8, 4) is 17.2 Å². The van der Waals surface area contributed by atoms with Gasteiger partial charge in [0.15, 0.2) is 17.1 Å². The van der Waals surface area contributed by atoms with Gasteiger partial charge >= 0.3 is 0 Å². The summed E-state index contributed by atoms with van der Waals surface area (Å²) in [5, 5.41) is 12.4. The number of amides is 1. The van der Waals surface area contributed by atoms with E-state index in [9.17, 15) is 4.79 Å². The fourth-order valence-electron chi connectivity index (χ4n) is 3.88. The van der Waals surface area contributed by atoms with Crippen LogP contribution in [0.15, 0.2) is 78.0 Å². The number of para-hydroxylation sites is 1. The zero-order chi connectivity index (χ0) is 26.4. The van der Waals surface area contributed by atoms with Crippen LogP contribution in [0.3, 0.4) is 0 Å². The quantitative estimate of drug-likeness (QED) is 0.240. The second kappa shape index (κ2) is 12.0. The zero-order valence-electron chi connectivity index (χ0n) is 21.8. The number of hydrogen-bond acceptors (Lipinski definition) is 6. The molecule has 0 aliphatic carbocycles. The summed E-state index contributed by atoms with van der Waals surface area (Å²) in [5.74, 6) is 2.49. The summed E-state index contributed by atoms with van der Waals surface area (Å²) >= 11 is 1.32. The van der Waals surface area contributed by atoms with Crippen molar-refractivity contribution in [2.45, 2.75) is 44.9 Å². The third-order valence-corrected chi connectivity index (χ3v) is 6.79. The van der Waals surface area contributed by atoms with Crippen LogP contribution in [0.2, 0.25) is 0 Å². The molecule has 1 atom stereocenters. The summed E-state index contributed by atoms with van der Waals surface area (Å²) in [6, 6.07) is 23.6. The number of nitrogens with one attached hydrogen (secondary N) is 1. The first kappa shape index (κ1) is 26.3. The van der Waals surface area contributed by atoms with E-state index in [4.69, 9.17) is 9.47 Å². The molecule has 7 nitrogen and oxygen atoms in total. The number of rotatable bonds is 10. The molecule has 8 heteroatoms. The molecule has 0 bridgehead atoms. The van der Waals surface area contributed by atoms with Crippen molar-refractivity contribution in [1.82, 2.24) is 14.8 Å². The number of anilines is 1. The summed E-state index contributed by atoms with van der Waals surface area (Å²) in [7, 11) is 1.58. The van der Waals surface area contributed by atoms with Crippen LogP contribution < -0.4 is 14.8 Å². The molecule has 192 valence electrons. The Balaban J connectivity index is 1.53. The second-order valence-electron chi connectivity index (χ2n) is 9.04. The van der Waals surface area contributed by atoms with Gasteiger partial charge in [-0.1, -0.05) is 62.0 Å². The highest BCUT2D eigenvalue weighted by Gasteiger charge is 2.22. The maximum Gasteiger partial charge on any atom is 0.234 e. The maximum absolute atomic E-state index is 12.8. The van der Waals surface area contributed by atoms with Gasteiger partial charge in [0.25, 0.3) is 0 Å². The molecule has 0 saturated heterocycles. The van der Waals surface area contributed by atoms with E-state index in [0.29, 0.717) is 28.3 Å². The molecule has 0 aliphatic heterocycles. The Labute approximate surface area is 222 Å². The maximum atomic E-state index is 12.8. The van der Waals surface area contributed by atoms with Crippen LogP contribution in [-0.4, -0.2) is 33.5 Å². The third-order valence-electron chi connectivity index (χ3n) is 5.86. The van der Waals surface area contributed by atoms with Crippen molar-refractivity contribution >= 4 is 23.4 Å². The molecule has 1 unspecified atom stereocenters. The normalized spacial score (nSPS) is 11.8. The molecule has 1 aromatic heterocycles. The largest absolute Gasteiger partial charge is 0.495 e. The van der Waals surface area contributed by atoms with Crippen molar-refractivity contribution in [2.24, 2.45) is 0 Å². The molecule has 4 rings (SSSR count). The van der Waals surface area contributed by atoms with Gasteiger partial charge < -0.3 is 14.8 Å². The Hall–Kier alpha value is -3.78. The number of ether oxygens (including phenoxy) is 2. The Morgan fingerprint density at radius 1 is 1.00 bits per heavy atom. The van der Waals surface area contributed by atoms with Gasteiger partial charge in [0.1, 0.15) is 11.5 Å². The average molecular weight is 517 g/mol. The van der Waals surface area contributed by atoms with Crippen molar-refractivity contribution in [2.75, 3.05) is 18.2 Å². The van der Waals surface area contributed by atoms with Crippen LogP contribution in [0.5, 0.6) is 11.5 Å². The number of nitrogens with zero attached hydrogens (tertiary/aromatic N) is 3. The van der Waals surface area contributed by atoms with E-state index >= 15 is 0 Å². The molecular formula is C29H32N4O3S. The van der Waals surface area contributed by atoms with E-state index in [2.05, 4.69) is 41.5 Å². The zero-order valence-corrected chi connectivity index (χ0v) is 22.6. The lowest BCUT2D eigenvalue weighted by molar-refractivity contribution is -0.113. The minimum Gasteiger partial charge on any atom is -0.495 e. The Bertz CT molecular complexity index is 1340. The molecule has 1 N–H and O–H groups in total. The van der Waals surface area contributed by atoms with E-state index in [1.807, 2.05) is 79.1 Å². The van der Waals surface area contributed by atoms with Crippen molar-refractivity contribution in [3.63, 3.8) is 0 Å². The third kappa shape index (κ3) is 6.51. The smallest absolute Gasteiger partial charge is 0.234 e. The summed E-state index contributed by atoms with van der Waals surface area (Å²) in [4.78, 5) is 12.8. The van der Waals surface area contributed by atoms with Crippen LogP contribution >= 0.6 is 11.8 Å². The van der Waals surface area contributed by atoms with Crippen LogP contribution in [-0.2, 0) is 4.79 Å². The standard InChI is InChI=1S/C29H32N4O3S/c1-19(2)22-12-14-24(15-13-22)36-21(4)28-31-32-29(33(28)23-9-7-6-8-10-23)37-18-27(34)30-25-17-20(3)11-16-26(25)35-5/h6-17,19,21H,18H2,1-5H3,(H,30,34). The molecule has 0 saturated carbocycles. The highest BCUT2D eigenvalue weighted by atomic mass is 32.2. The molecule has 0 fully saturated rings. The molecular weight excluding hydrogens is 484 g/mol. The SMILES string of the molecule is COc1ccc(C)cc1NC(=O)CSc1nnc(C(C)Oc2ccc(C(C)C)cc2)n1-c1ccccc1. The van der Waals surface area contributed by atoms with E-state index in [0.717, 1.165) is 17.0 Å². The Morgan fingerprint density at radius 3 is 2.41 bits per heavy atom. The number of thioether (sulfide) groups is 1. The van der Waals surface area contributed by atoms with Crippen LogP contribution in [0.25, 0.3) is 5.69 Å². The lowest BCUT2D eigenvalue weighted by Crippen LogP contribution is -2.16. The highest BCUT2D eigenvalue weighted by Crippen LogP contribution is 2.30. The van der Waals surface area contributed by atoms with Crippen molar-refractivity contribution in [1.29, 1.82) is 0 Å². The second-order valence-corrected chi connectivity index (χ2v) is 9.98. The summed E-state index contributed by atoms with van der Waals surface area (Å²) < 4.78 is 13.5. The monoisotopic (exact) mass is 516 g/mol.